The number of hydrogen-bond acceptors (Lipinski definition) is 3. The number of carbonyl (C=O) groups excluding carboxylic acids is 1. The predicted octanol–water partition coefficient (Wildman–Crippen LogP) is 3.99. The fourth-order valence-corrected chi connectivity index (χ4v) is 3.35. The lowest BCUT2D eigenvalue weighted by molar-refractivity contribution is 0.0724. The number of piperidine rings is 1. The van der Waals surface area contributed by atoms with Crippen molar-refractivity contribution in [3.63, 3.8) is 0 Å². The van der Waals surface area contributed by atoms with Gasteiger partial charge in [0.1, 0.15) is 0 Å². The number of fused-ring (bicyclic) bond motifs is 1. The van der Waals surface area contributed by atoms with E-state index in [1.165, 1.54) is 6.42 Å². The summed E-state index contributed by atoms with van der Waals surface area (Å²) in [5.74, 6) is 0.856. The Morgan fingerprint density at radius 2 is 1.96 bits per heavy atom. The van der Waals surface area contributed by atoms with Crippen LogP contribution in [0.25, 0.3) is 16.5 Å². The highest BCUT2D eigenvalue weighted by atomic mass is 16.2. The Hall–Kier alpha value is -2.49. The molecule has 122 valence electrons. The molecule has 1 saturated heterocycles. The molecule has 2 aliphatic rings. The summed E-state index contributed by atoms with van der Waals surface area (Å²) in [6.07, 6.45) is 13.8. The van der Waals surface area contributed by atoms with Gasteiger partial charge in [-0.3, -0.25) is 4.79 Å². The van der Waals surface area contributed by atoms with Crippen LogP contribution in [0.5, 0.6) is 0 Å². The van der Waals surface area contributed by atoms with Crippen molar-refractivity contribution in [2.45, 2.75) is 32.1 Å². The van der Waals surface area contributed by atoms with Crippen LogP contribution in [0.4, 0.5) is 0 Å². The smallest absolute Gasteiger partial charge is 0.253 e. The lowest BCUT2D eigenvalue weighted by atomic mass is 10.1. The molecule has 4 nitrogen and oxygen atoms in total. The van der Waals surface area contributed by atoms with Gasteiger partial charge in [0.2, 0.25) is 0 Å². The van der Waals surface area contributed by atoms with Gasteiger partial charge in [-0.1, -0.05) is 24.3 Å². The Labute approximate surface area is 141 Å². The zero-order chi connectivity index (χ0) is 16.4. The number of amides is 1. The van der Waals surface area contributed by atoms with Gasteiger partial charge in [0.05, 0.1) is 5.52 Å². The fraction of sp³-hybridized carbons (Fsp3) is 0.350. The molecule has 0 spiro atoms. The minimum absolute atomic E-state index is 0.119. The van der Waals surface area contributed by atoms with E-state index in [-0.39, 0.29) is 5.91 Å². The summed E-state index contributed by atoms with van der Waals surface area (Å²) in [7, 11) is 0. The van der Waals surface area contributed by atoms with Crippen molar-refractivity contribution in [2.24, 2.45) is 0 Å². The summed E-state index contributed by atoms with van der Waals surface area (Å²) >= 11 is 0. The molecular weight excluding hydrogens is 298 g/mol. The Balaban J connectivity index is 1.67. The third-order valence-electron chi connectivity index (χ3n) is 4.73. The van der Waals surface area contributed by atoms with Gasteiger partial charge in [0, 0.05) is 35.8 Å². The predicted molar refractivity (Wildman–Crippen MR) is 95.6 cm³/mol. The second kappa shape index (κ2) is 6.56. The normalized spacial score (nSPS) is 17.8. The molecule has 0 bridgehead atoms. The van der Waals surface area contributed by atoms with Crippen LogP contribution >= 0.6 is 0 Å². The average Bonchev–Trinajstić information content (AvgIpc) is 2.68. The number of rotatable bonds is 2. The molecule has 2 heterocycles. The molecule has 0 unspecified atom stereocenters. The highest BCUT2D eigenvalue weighted by molar-refractivity contribution is 5.98. The number of benzene rings is 1. The minimum atomic E-state index is 0.119. The zero-order valence-corrected chi connectivity index (χ0v) is 13.7. The molecule has 1 aromatic heterocycles. The van der Waals surface area contributed by atoms with E-state index in [0.717, 1.165) is 66.6 Å². The Morgan fingerprint density at radius 3 is 2.75 bits per heavy atom. The number of carbonyl (C=O) groups is 1. The summed E-state index contributed by atoms with van der Waals surface area (Å²) in [4.78, 5) is 23.8. The van der Waals surface area contributed by atoms with Crippen molar-refractivity contribution in [2.75, 3.05) is 13.1 Å². The van der Waals surface area contributed by atoms with Crippen molar-refractivity contribution in [3.05, 3.63) is 54.0 Å². The summed E-state index contributed by atoms with van der Waals surface area (Å²) in [5.41, 5.74) is 2.63. The molecule has 2 aromatic rings. The van der Waals surface area contributed by atoms with Crippen LogP contribution in [0.3, 0.4) is 0 Å². The molecular formula is C20H21N3O. The summed E-state index contributed by atoms with van der Waals surface area (Å²) in [6.45, 7) is 1.73. The second-order valence-corrected chi connectivity index (χ2v) is 6.46. The second-order valence-electron chi connectivity index (χ2n) is 6.46. The summed E-state index contributed by atoms with van der Waals surface area (Å²) < 4.78 is 0. The molecule has 1 aromatic carbocycles. The average molecular weight is 319 g/mol. The van der Waals surface area contributed by atoms with Crippen LogP contribution in [0.15, 0.2) is 42.6 Å². The number of hydrogen-bond donors (Lipinski definition) is 0. The van der Waals surface area contributed by atoms with E-state index in [1.54, 1.807) is 0 Å². The van der Waals surface area contributed by atoms with Crippen molar-refractivity contribution >= 4 is 22.4 Å². The molecule has 1 aliphatic carbocycles. The van der Waals surface area contributed by atoms with Gasteiger partial charge in [-0.25, -0.2) is 9.97 Å². The third kappa shape index (κ3) is 2.96. The number of likely N-dealkylation sites (tertiary alicyclic amines) is 1. The first kappa shape index (κ1) is 15.1. The van der Waals surface area contributed by atoms with Gasteiger partial charge in [0.15, 0.2) is 5.82 Å². The van der Waals surface area contributed by atoms with Crippen LogP contribution < -0.4 is 0 Å². The SMILES string of the molecule is O=C(c1ccc2cnc(C3=CCCC=C3)nc2c1)N1CCCCC1. The summed E-state index contributed by atoms with van der Waals surface area (Å²) in [6, 6.07) is 5.74. The quantitative estimate of drug-likeness (QED) is 0.841. The van der Waals surface area contributed by atoms with E-state index in [2.05, 4.69) is 28.2 Å². The molecule has 4 heteroatoms. The third-order valence-corrected chi connectivity index (χ3v) is 4.73. The minimum Gasteiger partial charge on any atom is -0.339 e. The lowest BCUT2D eigenvalue weighted by Crippen LogP contribution is -2.35. The molecule has 0 radical (unpaired) electrons. The Morgan fingerprint density at radius 1 is 1.08 bits per heavy atom. The van der Waals surface area contributed by atoms with Crippen molar-refractivity contribution < 1.29 is 4.79 Å². The van der Waals surface area contributed by atoms with Crippen LogP contribution in [-0.2, 0) is 0 Å². The molecule has 1 fully saturated rings. The maximum absolute atomic E-state index is 12.7. The first-order valence-corrected chi connectivity index (χ1v) is 8.74. The van der Waals surface area contributed by atoms with Crippen LogP contribution in [0.2, 0.25) is 0 Å². The van der Waals surface area contributed by atoms with E-state index in [9.17, 15) is 4.79 Å². The van der Waals surface area contributed by atoms with Crippen LogP contribution in [0.1, 0.15) is 48.3 Å². The van der Waals surface area contributed by atoms with Crippen molar-refractivity contribution in [1.29, 1.82) is 0 Å². The van der Waals surface area contributed by atoms with E-state index >= 15 is 0 Å². The van der Waals surface area contributed by atoms with Gasteiger partial charge in [0.25, 0.3) is 5.91 Å². The van der Waals surface area contributed by atoms with Gasteiger partial charge in [-0.15, -0.1) is 0 Å². The lowest BCUT2D eigenvalue weighted by Gasteiger charge is -2.26. The molecule has 4 rings (SSSR count). The topological polar surface area (TPSA) is 46.1 Å². The number of aromatic nitrogens is 2. The molecule has 24 heavy (non-hydrogen) atoms. The monoisotopic (exact) mass is 319 g/mol. The van der Waals surface area contributed by atoms with Gasteiger partial charge in [-0.05, 0) is 44.2 Å². The molecule has 0 N–H and O–H groups in total. The molecule has 0 atom stereocenters. The Kier molecular flexibility index (Phi) is 4.11. The molecule has 1 amide bonds. The van der Waals surface area contributed by atoms with E-state index < -0.39 is 0 Å². The highest BCUT2D eigenvalue weighted by Gasteiger charge is 2.18. The first-order chi connectivity index (χ1) is 11.8. The van der Waals surface area contributed by atoms with Crippen molar-refractivity contribution in [3.8, 4) is 0 Å². The maximum atomic E-state index is 12.7. The first-order valence-electron chi connectivity index (χ1n) is 8.74. The van der Waals surface area contributed by atoms with Gasteiger partial charge in [-0.2, -0.15) is 0 Å². The number of nitrogens with zero attached hydrogens (tertiary/aromatic N) is 3. The largest absolute Gasteiger partial charge is 0.339 e. The van der Waals surface area contributed by atoms with Gasteiger partial charge < -0.3 is 4.90 Å². The molecule has 1 aliphatic heterocycles. The number of allylic oxidation sites excluding steroid dienone is 4. The molecule has 0 saturated carbocycles. The van der Waals surface area contributed by atoms with Crippen molar-refractivity contribution in [1.82, 2.24) is 14.9 Å². The van der Waals surface area contributed by atoms with Gasteiger partial charge >= 0.3 is 0 Å². The van der Waals surface area contributed by atoms with Crippen LogP contribution in [0, 0.1) is 0 Å². The van der Waals surface area contributed by atoms with E-state index in [1.807, 2.05) is 29.3 Å². The fourth-order valence-electron chi connectivity index (χ4n) is 3.35. The highest BCUT2D eigenvalue weighted by Crippen LogP contribution is 2.22. The maximum Gasteiger partial charge on any atom is 0.253 e. The Bertz CT molecular complexity index is 832. The van der Waals surface area contributed by atoms with Crippen LogP contribution in [-0.4, -0.2) is 33.9 Å². The summed E-state index contributed by atoms with van der Waals surface area (Å²) in [5, 5.41) is 0.967. The zero-order valence-electron chi connectivity index (χ0n) is 13.7. The standard InChI is InChI=1S/C20H21N3O/c24-20(23-11-5-2-6-12-23)16-9-10-17-14-21-19(22-18(17)13-16)15-7-3-1-4-8-15/h3,7-10,13-14H,1-2,4-6,11-12H2. The van der Waals surface area contributed by atoms with E-state index in [4.69, 9.17) is 0 Å². The van der Waals surface area contributed by atoms with E-state index in [0.29, 0.717) is 0 Å².